The third-order valence-corrected chi connectivity index (χ3v) is 7.60. The molecule has 4 aromatic rings. The van der Waals surface area contributed by atoms with Gasteiger partial charge in [-0.15, -0.1) is 11.3 Å². The molecule has 7 nitrogen and oxygen atoms in total. The summed E-state index contributed by atoms with van der Waals surface area (Å²) in [6, 6.07) is 10.9. The van der Waals surface area contributed by atoms with Crippen molar-refractivity contribution in [2.45, 2.75) is 39.7 Å². The van der Waals surface area contributed by atoms with Gasteiger partial charge in [0.25, 0.3) is 0 Å². The molecule has 2 aromatic heterocycles. The highest BCUT2D eigenvalue weighted by Gasteiger charge is 2.28. The molecular formula is C27H27ClN2O5S. The number of ether oxygens (including phenoxy) is 3. The summed E-state index contributed by atoms with van der Waals surface area (Å²) in [5.41, 5.74) is 3.27. The zero-order chi connectivity index (χ0) is 25.8. The van der Waals surface area contributed by atoms with Crippen molar-refractivity contribution in [1.29, 1.82) is 0 Å². The van der Waals surface area contributed by atoms with E-state index in [4.69, 9.17) is 25.8 Å². The number of nitrogens with zero attached hydrogens (tertiary/aromatic N) is 2. The van der Waals surface area contributed by atoms with E-state index in [-0.39, 0.29) is 29.7 Å². The number of phenols is 1. The van der Waals surface area contributed by atoms with Crippen molar-refractivity contribution in [2.75, 3.05) is 13.7 Å². The maximum atomic E-state index is 13.0. The van der Waals surface area contributed by atoms with Crippen LogP contribution in [0.3, 0.4) is 0 Å². The largest absolute Gasteiger partial charge is 0.506 e. The van der Waals surface area contributed by atoms with E-state index < -0.39 is 12.1 Å². The lowest BCUT2D eigenvalue weighted by Crippen LogP contribution is -2.32. The van der Waals surface area contributed by atoms with Crippen LogP contribution in [0.25, 0.3) is 21.3 Å². The van der Waals surface area contributed by atoms with E-state index in [0.29, 0.717) is 11.1 Å². The van der Waals surface area contributed by atoms with Crippen molar-refractivity contribution in [2.24, 2.45) is 0 Å². The number of aromatic nitrogens is 2. The lowest BCUT2D eigenvalue weighted by molar-refractivity contribution is -0.151. The van der Waals surface area contributed by atoms with Crippen LogP contribution in [0.4, 0.5) is 0 Å². The van der Waals surface area contributed by atoms with Gasteiger partial charge in [0.15, 0.2) is 0 Å². The van der Waals surface area contributed by atoms with Crippen LogP contribution in [0.2, 0.25) is 5.02 Å². The maximum absolute atomic E-state index is 13.0. The molecule has 0 saturated heterocycles. The number of thiophene rings is 1. The molecule has 2 heterocycles. The van der Waals surface area contributed by atoms with Crippen LogP contribution in [0, 0.1) is 6.92 Å². The number of aryl methyl sites for hydroxylation is 1. The highest BCUT2D eigenvalue weighted by Crippen LogP contribution is 2.45. The summed E-state index contributed by atoms with van der Waals surface area (Å²) < 4.78 is 17.1. The van der Waals surface area contributed by atoms with E-state index in [0.717, 1.165) is 38.4 Å². The minimum absolute atomic E-state index is 0.0161. The molecule has 36 heavy (non-hydrogen) atoms. The number of aromatic hydroxyl groups is 1. The zero-order valence-corrected chi connectivity index (χ0v) is 22.1. The molecule has 0 aliphatic heterocycles. The summed E-state index contributed by atoms with van der Waals surface area (Å²) in [5.74, 6) is 0.457. The molecule has 0 amide bonds. The monoisotopic (exact) mass is 526 g/mol. The van der Waals surface area contributed by atoms with Crippen molar-refractivity contribution in [3.05, 3.63) is 63.8 Å². The first kappa shape index (κ1) is 25.7. The fraction of sp³-hybridized carbons (Fsp3) is 0.296. The third-order valence-electron chi connectivity index (χ3n) is 5.88. The van der Waals surface area contributed by atoms with Gasteiger partial charge < -0.3 is 19.3 Å². The Morgan fingerprint density at radius 3 is 2.67 bits per heavy atom. The van der Waals surface area contributed by atoms with Crippen LogP contribution in [-0.4, -0.2) is 40.9 Å². The SMILES string of the molecule is CCOC(=O)[C@@H](Cc1ccccc1OC)Oc1ncnc2sc(CC)c(-c3ccc(O)c(Cl)c3C)c12. The molecule has 1 atom stereocenters. The highest BCUT2D eigenvalue weighted by atomic mass is 35.5. The smallest absolute Gasteiger partial charge is 0.347 e. The Hall–Kier alpha value is -3.36. The van der Waals surface area contributed by atoms with E-state index in [2.05, 4.69) is 16.9 Å². The van der Waals surface area contributed by atoms with Gasteiger partial charge in [0.05, 0.1) is 24.1 Å². The molecule has 2 aromatic carbocycles. The van der Waals surface area contributed by atoms with Crippen LogP contribution in [0.15, 0.2) is 42.7 Å². The Kier molecular flexibility index (Phi) is 7.96. The predicted molar refractivity (Wildman–Crippen MR) is 141 cm³/mol. The van der Waals surface area contributed by atoms with Crippen LogP contribution >= 0.6 is 22.9 Å². The number of halogens is 1. The predicted octanol–water partition coefficient (Wildman–Crippen LogP) is 6.15. The molecule has 0 spiro atoms. The molecule has 1 N–H and O–H groups in total. The number of para-hydroxylation sites is 1. The number of hydrogen-bond acceptors (Lipinski definition) is 8. The lowest BCUT2D eigenvalue weighted by atomic mass is 9.97. The summed E-state index contributed by atoms with van der Waals surface area (Å²) in [5, 5.41) is 11.1. The average molecular weight is 527 g/mol. The first-order valence-corrected chi connectivity index (χ1v) is 12.8. The molecule has 4 rings (SSSR count). The Bertz CT molecular complexity index is 1400. The number of carbonyl (C=O) groups is 1. The van der Waals surface area contributed by atoms with Gasteiger partial charge in [0, 0.05) is 16.9 Å². The molecule has 0 bridgehead atoms. The van der Waals surface area contributed by atoms with Crippen molar-refractivity contribution in [1.82, 2.24) is 9.97 Å². The number of methoxy groups -OCH3 is 1. The minimum Gasteiger partial charge on any atom is -0.506 e. The molecule has 188 valence electrons. The Morgan fingerprint density at radius 2 is 1.94 bits per heavy atom. The number of phenolic OH excluding ortho intramolecular Hbond substituents is 1. The van der Waals surface area contributed by atoms with Crippen molar-refractivity contribution < 1.29 is 24.1 Å². The highest BCUT2D eigenvalue weighted by molar-refractivity contribution is 7.19. The zero-order valence-electron chi connectivity index (χ0n) is 20.5. The van der Waals surface area contributed by atoms with Gasteiger partial charge in [-0.2, -0.15) is 0 Å². The summed E-state index contributed by atoms with van der Waals surface area (Å²) in [7, 11) is 1.59. The van der Waals surface area contributed by atoms with Gasteiger partial charge in [0.2, 0.25) is 12.0 Å². The first-order valence-electron chi connectivity index (χ1n) is 11.6. The van der Waals surface area contributed by atoms with Crippen LogP contribution in [0.1, 0.15) is 29.9 Å². The van der Waals surface area contributed by atoms with Crippen LogP contribution in [0.5, 0.6) is 17.4 Å². The Labute approximate surface area is 218 Å². The third kappa shape index (κ3) is 4.96. The molecule has 0 fully saturated rings. The first-order chi connectivity index (χ1) is 17.4. The van der Waals surface area contributed by atoms with Gasteiger partial charge in [-0.25, -0.2) is 14.8 Å². The molecule has 0 radical (unpaired) electrons. The lowest BCUT2D eigenvalue weighted by Gasteiger charge is -2.19. The van der Waals surface area contributed by atoms with E-state index in [1.165, 1.54) is 17.7 Å². The summed E-state index contributed by atoms with van der Waals surface area (Å²) in [6.45, 7) is 5.89. The number of carbonyl (C=O) groups excluding carboxylic acids is 1. The topological polar surface area (TPSA) is 90.8 Å². The van der Waals surface area contributed by atoms with E-state index in [9.17, 15) is 9.90 Å². The van der Waals surface area contributed by atoms with Gasteiger partial charge >= 0.3 is 5.97 Å². The van der Waals surface area contributed by atoms with Gasteiger partial charge in [-0.3, -0.25) is 0 Å². The molecule has 0 unspecified atom stereocenters. The van der Waals surface area contributed by atoms with Gasteiger partial charge in [-0.1, -0.05) is 42.8 Å². The van der Waals surface area contributed by atoms with Crippen molar-refractivity contribution in [3.8, 4) is 28.5 Å². The van der Waals surface area contributed by atoms with Crippen LogP contribution in [-0.2, 0) is 22.4 Å². The van der Waals surface area contributed by atoms with Gasteiger partial charge in [-0.05, 0) is 49.1 Å². The number of rotatable bonds is 9. The van der Waals surface area contributed by atoms with E-state index in [1.54, 1.807) is 20.1 Å². The molecular weight excluding hydrogens is 500 g/mol. The quantitative estimate of drug-likeness (QED) is 0.261. The van der Waals surface area contributed by atoms with E-state index >= 15 is 0 Å². The summed E-state index contributed by atoms with van der Waals surface area (Å²) >= 11 is 7.92. The molecule has 0 aliphatic rings. The molecule has 0 aliphatic carbocycles. The average Bonchev–Trinajstić information content (AvgIpc) is 3.27. The standard InChI is InChI=1S/C27H27ClN2O5S/c1-5-21-22(17-11-12-18(31)24(28)15(17)3)23-25(29-14-30-26(23)36-21)35-20(27(32)34-6-2)13-16-9-7-8-10-19(16)33-4/h7-12,14,20,31H,5-6,13H2,1-4H3/t20-/m1/s1. The fourth-order valence-electron chi connectivity index (χ4n) is 4.13. The number of hydrogen-bond donors (Lipinski definition) is 1. The number of benzene rings is 2. The van der Waals surface area contributed by atoms with Crippen LogP contribution < -0.4 is 9.47 Å². The second-order valence-electron chi connectivity index (χ2n) is 8.06. The Balaban J connectivity index is 1.85. The molecule has 0 saturated carbocycles. The maximum Gasteiger partial charge on any atom is 0.347 e. The van der Waals surface area contributed by atoms with Crippen molar-refractivity contribution >= 4 is 39.1 Å². The summed E-state index contributed by atoms with van der Waals surface area (Å²) in [6.07, 6.45) is 1.45. The number of esters is 1. The van der Waals surface area contributed by atoms with Gasteiger partial charge in [0.1, 0.15) is 22.7 Å². The Morgan fingerprint density at radius 1 is 1.17 bits per heavy atom. The fourth-order valence-corrected chi connectivity index (χ4v) is 5.38. The van der Waals surface area contributed by atoms with Crippen molar-refractivity contribution in [3.63, 3.8) is 0 Å². The molecule has 9 heteroatoms. The normalized spacial score (nSPS) is 11.9. The summed E-state index contributed by atoms with van der Waals surface area (Å²) in [4.78, 5) is 23.7. The second-order valence-corrected chi connectivity index (χ2v) is 9.52. The van der Waals surface area contributed by atoms with E-state index in [1.807, 2.05) is 37.3 Å². The minimum atomic E-state index is -0.957. The second kappa shape index (κ2) is 11.1. The number of fused-ring (bicyclic) bond motifs is 1.